The molecule has 0 fully saturated rings. The number of H-pyrrole nitrogens is 1. The monoisotopic (exact) mass is 393 g/mol. The number of hydrogen-bond acceptors (Lipinski definition) is 4. The Morgan fingerprint density at radius 1 is 1.10 bits per heavy atom. The smallest absolute Gasteiger partial charge is 0.276 e. The molecule has 146 valence electrons. The number of aromatic nitrogens is 3. The Morgan fingerprint density at radius 3 is 2.66 bits per heavy atom. The minimum absolute atomic E-state index is 0.114. The number of nitrogens with zero attached hydrogens (tertiary/aromatic N) is 3. The largest absolute Gasteiger partial charge is 0.363 e. The molecule has 2 aromatic carbocycles. The molecule has 0 saturated heterocycles. The van der Waals surface area contributed by atoms with E-state index in [0.29, 0.717) is 22.2 Å². The van der Waals surface area contributed by atoms with E-state index in [1.807, 2.05) is 19.0 Å². The Morgan fingerprint density at radius 2 is 1.93 bits per heavy atom. The lowest BCUT2D eigenvalue weighted by Gasteiger charge is -2.11. The Bertz CT molecular complexity index is 1200. The minimum Gasteiger partial charge on any atom is -0.363 e. The van der Waals surface area contributed by atoms with Gasteiger partial charge in [-0.05, 0) is 35.9 Å². The molecule has 29 heavy (non-hydrogen) atoms. The third kappa shape index (κ3) is 3.52. The summed E-state index contributed by atoms with van der Waals surface area (Å²) in [6.07, 6.45) is 1.55. The molecule has 0 unspecified atom stereocenters. The van der Waals surface area contributed by atoms with Gasteiger partial charge < -0.3 is 10.2 Å². The molecule has 8 heteroatoms. The van der Waals surface area contributed by atoms with E-state index in [9.17, 15) is 13.6 Å². The predicted molar refractivity (Wildman–Crippen MR) is 108 cm³/mol. The van der Waals surface area contributed by atoms with Gasteiger partial charge in [0.25, 0.3) is 5.91 Å². The molecule has 0 atom stereocenters. The third-order valence-corrected chi connectivity index (χ3v) is 4.50. The average molecular weight is 393 g/mol. The summed E-state index contributed by atoms with van der Waals surface area (Å²) >= 11 is 0. The van der Waals surface area contributed by atoms with Crippen molar-refractivity contribution in [2.75, 3.05) is 24.3 Å². The molecule has 0 radical (unpaired) electrons. The Hall–Kier alpha value is -3.81. The highest BCUT2D eigenvalue weighted by atomic mass is 19.2. The first-order valence-electron chi connectivity index (χ1n) is 8.81. The SMILES string of the molecule is CN(C)c1ccc(NC(=O)c2n[nH]c3ccc(-c4cccc(F)c4F)cc23)cn1. The highest BCUT2D eigenvalue weighted by Gasteiger charge is 2.17. The maximum atomic E-state index is 14.2. The number of fused-ring (bicyclic) bond motifs is 1. The van der Waals surface area contributed by atoms with Crippen LogP contribution >= 0.6 is 0 Å². The third-order valence-electron chi connectivity index (χ3n) is 4.50. The van der Waals surface area contributed by atoms with Crippen molar-refractivity contribution in [3.05, 3.63) is 72.1 Å². The molecule has 0 spiro atoms. The number of halogens is 2. The molecular weight excluding hydrogens is 376 g/mol. The normalized spacial score (nSPS) is 10.9. The number of benzene rings is 2. The molecule has 0 aliphatic rings. The van der Waals surface area contributed by atoms with Crippen molar-refractivity contribution in [1.29, 1.82) is 0 Å². The van der Waals surface area contributed by atoms with Crippen LogP contribution in [0.1, 0.15) is 10.5 Å². The second-order valence-electron chi connectivity index (χ2n) is 6.69. The fraction of sp³-hybridized carbons (Fsp3) is 0.0952. The van der Waals surface area contributed by atoms with E-state index in [0.717, 1.165) is 11.9 Å². The number of anilines is 2. The number of hydrogen-bond donors (Lipinski definition) is 2. The van der Waals surface area contributed by atoms with Crippen molar-refractivity contribution in [2.24, 2.45) is 0 Å². The van der Waals surface area contributed by atoms with Gasteiger partial charge in [0.2, 0.25) is 0 Å². The number of carbonyl (C=O) groups is 1. The van der Waals surface area contributed by atoms with Gasteiger partial charge in [-0.1, -0.05) is 18.2 Å². The van der Waals surface area contributed by atoms with Gasteiger partial charge in [0, 0.05) is 25.0 Å². The summed E-state index contributed by atoms with van der Waals surface area (Å²) in [6, 6.07) is 12.4. The zero-order chi connectivity index (χ0) is 20.5. The number of carbonyl (C=O) groups excluding carboxylic acids is 1. The maximum Gasteiger partial charge on any atom is 0.276 e. The Kier molecular flexibility index (Phi) is 4.67. The standard InChI is InChI=1S/C21H17F2N5O/c1-28(2)18-9-7-13(11-24-18)25-21(29)20-15-10-12(6-8-17(15)26-27-20)14-4-3-5-16(22)19(14)23/h3-11H,1-2H3,(H,25,29)(H,26,27). The molecule has 0 bridgehead atoms. The van der Waals surface area contributed by atoms with Crippen molar-refractivity contribution in [2.45, 2.75) is 0 Å². The number of pyridine rings is 1. The first kappa shape index (κ1) is 18.5. The lowest BCUT2D eigenvalue weighted by molar-refractivity contribution is 0.102. The van der Waals surface area contributed by atoms with Crippen LogP contribution in [0.3, 0.4) is 0 Å². The van der Waals surface area contributed by atoms with E-state index in [1.54, 1.807) is 36.5 Å². The average Bonchev–Trinajstić information content (AvgIpc) is 3.14. The molecule has 4 rings (SSSR count). The lowest BCUT2D eigenvalue weighted by atomic mass is 10.0. The summed E-state index contributed by atoms with van der Waals surface area (Å²) in [5.74, 6) is -1.54. The zero-order valence-electron chi connectivity index (χ0n) is 15.7. The maximum absolute atomic E-state index is 14.2. The number of amides is 1. The van der Waals surface area contributed by atoms with Gasteiger partial charge in [0.1, 0.15) is 5.82 Å². The van der Waals surface area contributed by atoms with Crippen LogP contribution in [-0.4, -0.2) is 35.2 Å². The van der Waals surface area contributed by atoms with Crippen LogP contribution in [0.4, 0.5) is 20.3 Å². The van der Waals surface area contributed by atoms with Gasteiger partial charge in [-0.15, -0.1) is 0 Å². The topological polar surface area (TPSA) is 73.9 Å². The highest BCUT2D eigenvalue weighted by Crippen LogP contribution is 2.28. The van der Waals surface area contributed by atoms with Crippen LogP contribution in [0, 0.1) is 11.6 Å². The fourth-order valence-corrected chi connectivity index (χ4v) is 3.00. The molecule has 0 aliphatic heterocycles. The summed E-state index contributed by atoms with van der Waals surface area (Å²) in [5, 5.41) is 10.1. The van der Waals surface area contributed by atoms with Crippen molar-refractivity contribution in [3.8, 4) is 11.1 Å². The summed E-state index contributed by atoms with van der Waals surface area (Å²) in [6.45, 7) is 0. The predicted octanol–water partition coefficient (Wildman–Crippen LogP) is 4.22. The molecule has 0 aliphatic carbocycles. The lowest BCUT2D eigenvalue weighted by Crippen LogP contribution is -2.14. The van der Waals surface area contributed by atoms with E-state index >= 15 is 0 Å². The van der Waals surface area contributed by atoms with E-state index in [-0.39, 0.29) is 11.3 Å². The molecule has 1 amide bonds. The van der Waals surface area contributed by atoms with Gasteiger partial charge in [0.15, 0.2) is 17.3 Å². The van der Waals surface area contributed by atoms with Gasteiger partial charge in [-0.2, -0.15) is 5.10 Å². The second-order valence-corrected chi connectivity index (χ2v) is 6.69. The number of rotatable bonds is 4. The van der Waals surface area contributed by atoms with Crippen LogP contribution < -0.4 is 10.2 Å². The van der Waals surface area contributed by atoms with E-state index < -0.39 is 17.5 Å². The number of nitrogens with one attached hydrogen (secondary N) is 2. The van der Waals surface area contributed by atoms with Crippen LogP contribution in [0.25, 0.3) is 22.0 Å². The Labute approximate surface area is 165 Å². The van der Waals surface area contributed by atoms with Crippen LogP contribution in [0.15, 0.2) is 54.7 Å². The first-order valence-corrected chi connectivity index (χ1v) is 8.81. The van der Waals surface area contributed by atoms with Gasteiger partial charge in [0.05, 0.1) is 17.4 Å². The molecule has 2 aromatic heterocycles. The fourth-order valence-electron chi connectivity index (χ4n) is 3.00. The van der Waals surface area contributed by atoms with Gasteiger partial charge in [-0.25, -0.2) is 13.8 Å². The molecule has 2 heterocycles. The van der Waals surface area contributed by atoms with Crippen LogP contribution in [0.2, 0.25) is 0 Å². The van der Waals surface area contributed by atoms with E-state index in [2.05, 4.69) is 20.5 Å². The minimum atomic E-state index is -0.937. The highest BCUT2D eigenvalue weighted by molar-refractivity contribution is 6.11. The van der Waals surface area contributed by atoms with Crippen molar-refractivity contribution in [3.63, 3.8) is 0 Å². The van der Waals surface area contributed by atoms with Gasteiger partial charge >= 0.3 is 0 Å². The summed E-state index contributed by atoms with van der Waals surface area (Å²) in [7, 11) is 3.74. The molecule has 0 saturated carbocycles. The van der Waals surface area contributed by atoms with Crippen molar-refractivity contribution in [1.82, 2.24) is 15.2 Å². The first-order chi connectivity index (χ1) is 13.9. The van der Waals surface area contributed by atoms with Crippen LogP contribution in [-0.2, 0) is 0 Å². The summed E-state index contributed by atoms with van der Waals surface area (Å²) in [5.41, 5.74) is 1.83. The number of aromatic amines is 1. The molecule has 2 N–H and O–H groups in total. The molecular formula is C21H17F2N5O. The second kappa shape index (κ2) is 7.31. The zero-order valence-corrected chi connectivity index (χ0v) is 15.7. The van der Waals surface area contributed by atoms with E-state index in [1.165, 1.54) is 12.1 Å². The Balaban J connectivity index is 1.67. The van der Waals surface area contributed by atoms with E-state index in [4.69, 9.17) is 0 Å². The molecule has 6 nitrogen and oxygen atoms in total. The van der Waals surface area contributed by atoms with Crippen molar-refractivity contribution >= 4 is 28.3 Å². The van der Waals surface area contributed by atoms with Gasteiger partial charge in [-0.3, -0.25) is 9.89 Å². The van der Waals surface area contributed by atoms with Crippen molar-refractivity contribution < 1.29 is 13.6 Å². The summed E-state index contributed by atoms with van der Waals surface area (Å²) in [4.78, 5) is 18.8. The molecule has 4 aromatic rings. The van der Waals surface area contributed by atoms with Crippen LogP contribution in [0.5, 0.6) is 0 Å². The quantitative estimate of drug-likeness (QED) is 0.544. The summed E-state index contributed by atoms with van der Waals surface area (Å²) < 4.78 is 27.7.